The first kappa shape index (κ1) is 28.3. The molecule has 0 unspecified atom stereocenters. The summed E-state index contributed by atoms with van der Waals surface area (Å²) in [7, 11) is 0. The van der Waals surface area contributed by atoms with Crippen molar-refractivity contribution in [3.63, 3.8) is 0 Å². The van der Waals surface area contributed by atoms with E-state index in [1.165, 1.54) is 11.8 Å². The lowest BCUT2D eigenvalue weighted by atomic mass is 10.2. The van der Waals surface area contributed by atoms with Crippen LogP contribution < -0.4 is 20.4 Å². The summed E-state index contributed by atoms with van der Waals surface area (Å²) in [6.45, 7) is 4.37. The molecule has 2 heterocycles. The molecule has 1 fully saturated rings. The lowest BCUT2D eigenvalue weighted by Crippen LogP contribution is -2.53. The van der Waals surface area contributed by atoms with Gasteiger partial charge < -0.3 is 20.4 Å². The van der Waals surface area contributed by atoms with Gasteiger partial charge in [-0.15, -0.1) is 0 Å². The summed E-state index contributed by atoms with van der Waals surface area (Å²) in [6.07, 6.45) is 0. The minimum atomic E-state index is -0.698. The summed E-state index contributed by atoms with van der Waals surface area (Å²) in [5.41, 5.74) is 2.36. The van der Waals surface area contributed by atoms with Crippen LogP contribution in [-0.4, -0.2) is 71.9 Å². The molecule has 1 aliphatic heterocycles. The second-order valence-electron chi connectivity index (χ2n) is 9.80. The Morgan fingerprint density at radius 3 is 2.05 bits per heavy atom. The number of piperazine rings is 1. The normalized spacial score (nSPS) is 12.9. The Bertz CT molecular complexity index is 1510. The van der Waals surface area contributed by atoms with Gasteiger partial charge in [-0.3, -0.25) is 19.3 Å². The first-order chi connectivity index (χ1) is 20.5. The van der Waals surface area contributed by atoms with Gasteiger partial charge in [0.2, 0.25) is 5.91 Å². The highest BCUT2D eigenvalue weighted by atomic mass is 16.2. The third-order valence-electron chi connectivity index (χ3n) is 6.87. The number of anilines is 4. The summed E-state index contributed by atoms with van der Waals surface area (Å²) >= 11 is 0. The van der Waals surface area contributed by atoms with Crippen LogP contribution in [0, 0.1) is 0 Å². The minimum Gasteiger partial charge on any atom is -0.368 e. The number of nitrogens with one attached hydrogen (secondary N) is 2. The number of hydrogen-bond donors (Lipinski definition) is 2. The van der Waals surface area contributed by atoms with E-state index in [4.69, 9.17) is 4.98 Å². The van der Waals surface area contributed by atoms with Crippen molar-refractivity contribution in [1.82, 2.24) is 20.2 Å². The number of para-hydroxylation sites is 2. The molecule has 0 radical (unpaired) electrons. The first-order valence-corrected chi connectivity index (χ1v) is 13.9. The Balaban J connectivity index is 1.44. The van der Waals surface area contributed by atoms with E-state index in [9.17, 15) is 14.4 Å². The maximum absolute atomic E-state index is 14.0. The van der Waals surface area contributed by atoms with Crippen molar-refractivity contribution in [2.75, 3.05) is 54.4 Å². The fourth-order valence-electron chi connectivity index (χ4n) is 4.75. The molecule has 0 aliphatic carbocycles. The molecular weight excluding hydrogens is 530 g/mol. The molecule has 10 heteroatoms. The molecule has 0 bridgehead atoms. The van der Waals surface area contributed by atoms with Gasteiger partial charge in [0.15, 0.2) is 5.82 Å². The molecular formula is C32H33N7O3. The Kier molecular flexibility index (Phi) is 9.03. The van der Waals surface area contributed by atoms with Crippen molar-refractivity contribution in [3.8, 4) is 11.4 Å². The number of amides is 3. The van der Waals surface area contributed by atoms with Crippen LogP contribution in [0.5, 0.6) is 0 Å². The van der Waals surface area contributed by atoms with E-state index < -0.39 is 11.8 Å². The molecule has 1 aliphatic rings. The van der Waals surface area contributed by atoms with E-state index in [1.807, 2.05) is 78.9 Å². The van der Waals surface area contributed by atoms with E-state index >= 15 is 0 Å². The van der Waals surface area contributed by atoms with Crippen LogP contribution in [0.3, 0.4) is 0 Å². The Labute approximate surface area is 245 Å². The van der Waals surface area contributed by atoms with Crippen molar-refractivity contribution in [2.45, 2.75) is 6.92 Å². The second-order valence-corrected chi connectivity index (χ2v) is 9.80. The standard InChI is InChI=1S/C32H33N7O3/c1-24(40)33-17-18-34-28-23-29(36-30(35-28)25-11-5-2-6-12-25)39(27-15-9-4-10-16-27)32(42)31(41)38-21-19-37(20-22-38)26-13-7-3-8-14-26/h2-16,23H,17-22H2,1H3,(H,33,40)(H,34,35,36). The van der Waals surface area contributed by atoms with E-state index in [1.54, 1.807) is 23.1 Å². The molecule has 1 aromatic heterocycles. The van der Waals surface area contributed by atoms with E-state index in [-0.39, 0.29) is 11.7 Å². The molecule has 2 N–H and O–H groups in total. The van der Waals surface area contributed by atoms with Gasteiger partial charge in [-0.25, -0.2) is 9.97 Å². The van der Waals surface area contributed by atoms with E-state index in [2.05, 4.69) is 20.5 Å². The van der Waals surface area contributed by atoms with E-state index in [0.29, 0.717) is 56.6 Å². The third-order valence-corrected chi connectivity index (χ3v) is 6.87. The molecule has 1 saturated heterocycles. The number of aromatic nitrogens is 2. The SMILES string of the molecule is CC(=O)NCCNc1cc(N(C(=O)C(=O)N2CCN(c3ccccc3)CC2)c2ccccc2)nc(-c2ccccc2)n1. The maximum atomic E-state index is 14.0. The van der Waals surface area contributed by atoms with Gasteiger partial charge >= 0.3 is 11.8 Å². The van der Waals surface area contributed by atoms with Crippen LogP contribution >= 0.6 is 0 Å². The molecule has 214 valence electrons. The predicted octanol–water partition coefficient (Wildman–Crippen LogP) is 3.71. The zero-order chi connectivity index (χ0) is 29.3. The van der Waals surface area contributed by atoms with Crippen LogP contribution in [0.4, 0.5) is 23.0 Å². The molecule has 5 rings (SSSR count). The molecule has 3 aromatic carbocycles. The van der Waals surface area contributed by atoms with Crippen molar-refractivity contribution in [2.24, 2.45) is 0 Å². The molecule has 3 amide bonds. The summed E-state index contributed by atoms with van der Waals surface area (Å²) in [5, 5.41) is 5.95. The Morgan fingerprint density at radius 1 is 0.786 bits per heavy atom. The van der Waals surface area contributed by atoms with Crippen LogP contribution in [0.25, 0.3) is 11.4 Å². The number of carbonyl (C=O) groups excluding carboxylic acids is 3. The fourth-order valence-corrected chi connectivity index (χ4v) is 4.75. The second kappa shape index (κ2) is 13.4. The summed E-state index contributed by atoms with van der Waals surface area (Å²) < 4.78 is 0. The molecule has 4 aromatic rings. The highest BCUT2D eigenvalue weighted by molar-refractivity contribution is 6.41. The zero-order valence-electron chi connectivity index (χ0n) is 23.4. The number of benzene rings is 3. The maximum Gasteiger partial charge on any atom is 0.322 e. The average Bonchev–Trinajstić information content (AvgIpc) is 3.04. The van der Waals surface area contributed by atoms with Crippen LogP contribution in [0.2, 0.25) is 0 Å². The molecule has 10 nitrogen and oxygen atoms in total. The van der Waals surface area contributed by atoms with Crippen molar-refractivity contribution >= 4 is 40.7 Å². The highest BCUT2D eigenvalue weighted by Gasteiger charge is 2.32. The zero-order valence-corrected chi connectivity index (χ0v) is 23.4. The van der Waals surface area contributed by atoms with Crippen LogP contribution in [0.1, 0.15) is 6.92 Å². The van der Waals surface area contributed by atoms with Gasteiger partial charge in [-0.1, -0.05) is 66.7 Å². The monoisotopic (exact) mass is 563 g/mol. The average molecular weight is 564 g/mol. The summed E-state index contributed by atoms with van der Waals surface area (Å²) in [4.78, 5) is 53.5. The predicted molar refractivity (Wildman–Crippen MR) is 163 cm³/mol. The fraction of sp³-hybridized carbons (Fsp3) is 0.219. The number of nitrogens with zero attached hydrogens (tertiary/aromatic N) is 5. The lowest BCUT2D eigenvalue weighted by Gasteiger charge is -2.36. The smallest absolute Gasteiger partial charge is 0.322 e. The topological polar surface area (TPSA) is 111 Å². The lowest BCUT2D eigenvalue weighted by molar-refractivity contribution is -0.144. The number of hydrogen-bond acceptors (Lipinski definition) is 7. The first-order valence-electron chi connectivity index (χ1n) is 13.9. The number of carbonyl (C=O) groups is 3. The van der Waals surface area contributed by atoms with Crippen molar-refractivity contribution < 1.29 is 14.4 Å². The van der Waals surface area contributed by atoms with Crippen LogP contribution in [0.15, 0.2) is 97.1 Å². The number of rotatable bonds is 8. The van der Waals surface area contributed by atoms with Gasteiger partial charge in [0, 0.05) is 63.5 Å². The largest absolute Gasteiger partial charge is 0.368 e. The molecule has 0 saturated carbocycles. The van der Waals surface area contributed by atoms with Gasteiger partial charge in [-0.2, -0.15) is 0 Å². The van der Waals surface area contributed by atoms with Crippen LogP contribution in [-0.2, 0) is 14.4 Å². The van der Waals surface area contributed by atoms with Gasteiger partial charge in [-0.05, 0) is 24.3 Å². The quantitative estimate of drug-likeness (QED) is 0.248. The third kappa shape index (κ3) is 6.90. The van der Waals surface area contributed by atoms with Crippen molar-refractivity contribution in [1.29, 1.82) is 0 Å². The summed E-state index contributed by atoms with van der Waals surface area (Å²) in [6, 6.07) is 30.1. The highest BCUT2D eigenvalue weighted by Crippen LogP contribution is 2.29. The van der Waals surface area contributed by atoms with Gasteiger partial charge in [0.05, 0.1) is 5.69 Å². The molecule has 0 atom stereocenters. The summed E-state index contributed by atoms with van der Waals surface area (Å²) in [5.74, 6) is -0.301. The van der Waals surface area contributed by atoms with Gasteiger partial charge in [0.25, 0.3) is 0 Å². The molecule has 0 spiro atoms. The van der Waals surface area contributed by atoms with Gasteiger partial charge in [0.1, 0.15) is 11.6 Å². The molecule has 42 heavy (non-hydrogen) atoms. The minimum absolute atomic E-state index is 0.130. The Morgan fingerprint density at radius 2 is 1.40 bits per heavy atom. The Hall–Kier alpha value is -5.25. The van der Waals surface area contributed by atoms with E-state index in [0.717, 1.165) is 11.3 Å². The van der Waals surface area contributed by atoms with Crippen molar-refractivity contribution in [3.05, 3.63) is 97.1 Å².